The third kappa shape index (κ3) is 6.39. The Hall–Kier alpha value is -2.39. The van der Waals surface area contributed by atoms with E-state index < -0.39 is 0 Å². The van der Waals surface area contributed by atoms with Crippen molar-refractivity contribution >= 4 is 11.6 Å². The summed E-state index contributed by atoms with van der Waals surface area (Å²) in [7, 11) is 0. The van der Waals surface area contributed by atoms with Crippen LogP contribution in [0, 0.1) is 0 Å². The highest BCUT2D eigenvalue weighted by Crippen LogP contribution is 2.13. The third-order valence-corrected chi connectivity index (χ3v) is 3.67. The maximum atomic E-state index is 11.8. The number of hydrogen-bond acceptors (Lipinski definition) is 2. The first-order valence-electron chi connectivity index (χ1n) is 8.37. The molecule has 24 heavy (non-hydrogen) atoms. The van der Waals surface area contributed by atoms with Crippen molar-refractivity contribution in [3.63, 3.8) is 0 Å². The van der Waals surface area contributed by atoms with E-state index in [-0.39, 0.29) is 5.91 Å². The zero-order chi connectivity index (χ0) is 17.0. The van der Waals surface area contributed by atoms with Crippen LogP contribution in [0.15, 0.2) is 72.8 Å². The molecular formula is C21H25NO2. The largest absolute Gasteiger partial charge is 0.376 e. The fraction of sp³-hybridized carbons (Fsp3) is 0.286. The summed E-state index contributed by atoms with van der Waals surface area (Å²) in [6, 6.07) is 20.0. The lowest BCUT2D eigenvalue weighted by Gasteiger charge is -2.20. The van der Waals surface area contributed by atoms with Crippen LogP contribution in [-0.2, 0) is 16.1 Å². The minimum atomic E-state index is 0.0702. The maximum absolute atomic E-state index is 11.8. The van der Waals surface area contributed by atoms with Crippen molar-refractivity contribution < 1.29 is 9.53 Å². The summed E-state index contributed by atoms with van der Waals surface area (Å²) in [4.78, 5) is 13.6. The van der Waals surface area contributed by atoms with E-state index in [1.165, 1.54) is 5.56 Å². The van der Waals surface area contributed by atoms with Gasteiger partial charge in [0.25, 0.3) is 0 Å². The molecule has 2 aromatic carbocycles. The number of ether oxygens (including phenoxy) is 1. The Morgan fingerprint density at radius 1 is 0.958 bits per heavy atom. The molecule has 0 atom stereocenters. The molecule has 0 aliphatic heterocycles. The Bertz CT molecular complexity index is 623. The van der Waals surface area contributed by atoms with Gasteiger partial charge in [-0.1, -0.05) is 60.7 Å². The van der Waals surface area contributed by atoms with Gasteiger partial charge in [0.05, 0.1) is 13.2 Å². The second kappa shape index (κ2) is 10.4. The Kier molecular flexibility index (Phi) is 7.78. The molecule has 0 saturated heterocycles. The molecule has 0 aromatic heterocycles. The molecule has 0 radical (unpaired) electrons. The minimum Gasteiger partial charge on any atom is -0.376 e. The van der Waals surface area contributed by atoms with Gasteiger partial charge >= 0.3 is 0 Å². The zero-order valence-electron chi connectivity index (χ0n) is 14.2. The van der Waals surface area contributed by atoms with Crippen LogP contribution in [0.4, 0.5) is 5.69 Å². The molecule has 0 N–H and O–H groups in total. The molecule has 1 amide bonds. The molecule has 0 bridgehead atoms. The second-order valence-corrected chi connectivity index (χ2v) is 5.59. The molecule has 0 aliphatic rings. The monoisotopic (exact) mass is 323 g/mol. The number of benzene rings is 2. The fourth-order valence-electron chi connectivity index (χ4n) is 2.43. The minimum absolute atomic E-state index is 0.0702. The number of nitrogens with zero attached hydrogens (tertiary/aromatic N) is 1. The van der Waals surface area contributed by atoms with Gasteiger partial charge in [-0.15, -0.1) is 0 Å². The van der Waals surface area contributed by atoms with E-state index in [0.717, 1.165) is 18.5 Å². The lowest BCUT2D eigenvalue weighted by atomic mass is 10.2. The highest BCUT2D eigenvalue weighted by Gasteiger charge is 2.08. The lowest BCUT2D eigenvalue weighted by molar-refractivity contribution is -0.116. The van der Waals surface area contributed by atoms with Crippen molar-refractivity contribution in [1.82, 2.24) is 0 Å². The summed E-state index contributed by atoms with van der Waals surface area (Å²) in [5.74, 6) is 0.0702. The van der Waals surface area contributed by atoms with Crippen LogP contribution in [0.1, 0.15) is 25.3 Å². The Labute approximate surface area is 144 Å². The van der Waals surface area contributed by atoms with Crippen LogP contribution in [0.3, 0.4) is 0 Å². The van der Waals surface area contributed by atoms with Crippen molar-refractivity contribution in [2.24, 2.45) is 0 Å². The molecular weight excluding hydrogens is 298 g/mol. The normalized spacial score (nSPS) is 10.9. The predicted octanol–water partition coefficient (Wildman–Crippen LogP) is 4.59. The van der Waals surface area contributed by atoms with E-state index in [9.17, 15) is 4.79 Å². The van der Waals surface area contributed by atoms with Crippen molar-refractivity contribution in [2.45, 2.75) is 26.4 Å². The summed E-state index contributed by atoms with van der Waals surface area (Å²) < 4.78 is 5.64. The van der Waals surface area contributed by atoms with Crippen LogP contribution in [0.2, 0.25) is 0 Å². The van der Waals surface area contributed by atoms with Gasteiger partial charge in [-0.25, -0.2) is 0 Å². The van der Waals surface area contributed by atoms with Gasteiger partial charge in [-0.05, 0) is 30.5 Å². The van der Waals surface area contributed by atoms with Gasteiger partial charge < -0.3 is 9.64 Å². The SMILES string of the molecule is CC(=O)N(CC/C=C/CCOCc1ccccc1)c1ccccc1. The van der Waals surface area contributed by atoms with Crippen molar-refractivity contribution in [2.75, 3.05) is 18.1 Å². The number of anilines is 1. The van der Waals surface area contributed by atoms with E-state index >= 15 is 0 Å². The number of carbonyl (C=O) groups is 1. The molecule has 0 unspecified atom stereocenters. The summed E-state index contributed by atoms with van der Waals surface area (Å²) in [5.41, 5.74) is 2.14. The lowest BCUT2D eigenvalue weighted by Crippen LogP contribution is -2.29. The molecule has 3 heteroatoms. The summed E-state index contributed by atoms with van der Waals surface area (Å²) >= 11 is 0. The number of para-hydroxylation sites is 1. The molecule has 0 spiro atoms. The van der Waals surface area contributed by atoms with E-state index in [1.54, 1.807) is 11.8 Å². The Balaban J connectivity index is 1.63. The second-order valence-electron chi connectivity index (χ2n) is 5.59. The topological polar surface area (TPSA) is 29.5 Å². The van der Waals surface area contributed by atoms with E-state index in [1.807, 2.05) is 48.5 Å². The van der Waals surface area contributed by atoms with E-state index in [2.05, 4.69) is 24.3 Å². The molecule has 3 nitrogen and oxygen atoms in total. The summed E-state index contributed by atoms with van der Waals surface area (Å²) in [6.07, 6.45) is 5.96. The van der Waals surface area contributed by atoms with Crippen LogP contribution in [0.25, 0.3) is 0 Å². The van der Waals surface area contributed by atoms with Gasteiger partial charge in [0.2, 0.25) is 5.91 Å². The van der Waals surface area contributed by atoms with Gasteiger partial charge in [0.1, 0.15) is 0 Å². The Morgan fingerprint density at radius 2 is 1.58 bits per heavy atom. The molecule has 126 valence electrons. The summed E-state index contributed by atoms with van der Waals surface area (Å²) in [5, 5.41) is 0. The standard InChI is InChI=1S/C21H25NO2/c1-19(23)22(21-14-8-5-9-15-21)16-10-2-3-11-17-24-18-20-12-6-4-7-13-20/h2-9,12-15H,10-11,16-18H2,1H3/b3-2+. The average molecular weight is 323 g/mol. The van der Waals surface area contributed by atoms with Crippen LogP contribution in [-0.4, -0.2) is 19.1 Å². The molecule has 0 aliphatic carbocycles. The molecule has 2 aromatic rings. The third-order valence-electron chi connectivity index (χ3n) is 3.67. The number of amides is 1. The Morgan fingerprint density at radius 3 is 2.25 bits per heavy atom. The predicted molar refractivity (Wildman–Crippen MR) is 98.9 cm³/mol. The summed E-state index contributed by atoms with van der Waals surface area (Å²) in [6.45, 7) is 3.66. The smallest absolute Gasteiger partial charge is 0.223 e. The molecule has 2 rings (SSSR count). The van der Waals surface area contributed by atoms with Crippen molar-refractivity contribution in [3.8, 4) is 0 Å². The first-order valence-corrected chi connectivity index (χ1v) is 8.37. The number of hydrogen-bond donors (Lipinski definition) is 0. The van der Waals surface area contributed by atoms with Gasteiger partial charge in [0, 0.05) is 19.2 Å². The van der Waals surface area contributed by atoms with Crippen LogP contribution in [0.5, 0.6) is 0 Å². The quantitative estimate of drug-likeness (QED) is 0.499. The van der Waals surface area contributed by atoms with Crippen LogP contribution >= 0.6 is 0 Å². The highest BCUT2D eigenvalue weighted by molar-refractivity contribution is 5.91. The number of carbonyl (C=O) groups excluding carboxylic acids is 1. The molecule has 0 saturated carbocycles. The van der Waals surface area contributed by atoms with E-state index in [0.29, 0.717) is 19.8 Å². The average Bonchev–Trinajstić information content (AvgIpc) is 2.61. The first kappa shape index (κ1) is 18.0. The van der Waals surface area contributed by atoms with Gasteiger partial charge in [-0.2, -0.15) is 0 Å². The van der Waals surface area contributed by atoms with E-state index in [4.69, 9.17) is 4.74 Å². The van der Waals surface area contributed by atoms with Gasteiger partial charge in [0.15, 0.2) is 0 Å². The van der Waals surface area contributed by atoms with Crippen molar-refractivity contribution in [3.05, 3.63) is 78.4 Å². The van der Waals surface area contributed by atoms with Crippen LogP contribution < -0.4 is 4.90 Å². The molecule has 0 fully saturated rings. The molecule has 0 heterocycles. The zero-order valence-corrected chi connectivity index (χ0v) is 14.2. The van der Waals surface area contributed by atoms with Crippen molar-refractivity contribution in [1.29, 1.82) is 0 Å². The highest BCUT2D eigenvalue weighted by atomic mass is 16.5. The van der Waals surface area contributed by atoms with Gasteiger partial charge in [-0.3, -0.25) is 4.79 Å². The first-order chi connectivity index (χ1) is 11.8. The number of rotatable bonds is 9. The fourth-order valence-corrected chi connectivity index (χ4v) is 2.43. The maximum Gasteiger partial charge on any atom is 0.223 e.